The molecule has 68 heavy (non-hydrogen) atoms. The topological polar surface area (TPSA) is 78.9 Å². The molecule has 0 bridgehead atoms. The van der Waals surface area contributed by atoms with Crippen LogP contribution in [0, 0.1) is 0 Å². The molecule has 0 aliphatic carbocycles. The zero-order valence-electron chi connectivity index (χ0n) is 45.1. The van der Waals surface area contributed by atoms with Gasteiger partial charge in [-0.15, -0.1) is 0 Å². The normalized spacial score (nSPS) is 12.5. The van der Waals surface area contributed by atoms with Crippen molar-refractivity contribution in [3.63, 3.8) is 0 Å². The highest BCUT2D eigenvalue weighted by Gasteiger charge is 2.19. The minimum absolute atomic E-state index is 0.0762. The van der Waals surface area contributed by atoms with Crippen molar-refractivity contribution in [3.8, 4) is 0 Å². The van der Waals surface area contributed by atoms with E-state index >= 15 is 0 Å². The summed E-state index contributed by atoms with van der Waals surface area (Å²) in [6.07, 6.45) is 70.7. The number of ether oxygens (including phenoxy) is 3. The largest absolute Gasteiger partial charge is 0.462 e. The van der Waals surface area contributed by atoms with E-state index in [1.165, 1.54) is 167 Å². The number of unbranched alkanes of at least 4 members (excludes halogenated alkanes) is 32. The minimum atomic E-state index is -0.776. The second-order valence-corrected chi connectivity index (χ2v) is 19.5. The Morgan fingerprint density at radius 2 is 0.574 bits per heavy atom. The lowest BCUT2D eigenvalue weighted by molar-refractivity contribution is -0.167. The van der Waals surface area contributed by atoms with E-state index in [0.717, 1.165) is 89.9 Å². The third-order valence-electron chi connectivity index (χ3n) is 12.8. The van der Waals surface area contributed by atoms with E-state index in [0.29, 0.717) is 19.3 Å². The van der Waals surface area contributed by atoms with E-state index in [4.69, 9.17) is 14.2 Å². The summed E-state index contributed by atoms with van der Waals surface area (Å²) in [6, 6.07) is 0. The van der Waals surface area contributed by atoms with Gasteiger partial charge in [0.1, 0.15) is 13.2 Å². The van der Waals surface area contributed by atoms with E-state index in [2.05, 4.69) is 81.5 Å². The standard InChI is InChI=1S/C62H110O6/c1-4-7-10-13-16-19-22-25-27-28-29-30-31-32-33-34-36-37-40-43-46-49-52-55-61(64)67-58-59(57-66-60(63)54-51-48-45-42-39-24-21-18-15-12-9-6-3)68-62(65)56-53-50-47-44-41-38-35-26-23-20-17-14-11-8-5-2/h7,10,16,18-19,21,25,27,29-30,59H,4-6,8-9,11-15,17,20,22-24,26,28,31-58H2,1-3H3/b10-7-,19-16-,21-18-,27-25-,30-29-. The molecule has 6 nitrogen and oxygen atoms in total. The van der Waals surface area contributed by atoms with Crippen LogP contribution in [0.1, 0.15) is 297 Å². The summed E-state index contributed by atoms with van der Waals surface area (Å²) >= 11 is 0. The molecule has 1 unspecified atom stereocenters. The summed E-state index contributed by atoms with van der Waals surface area (Å²) in [4.78, 5) is 38.1. The summed E-state index contributed by atoms with van der Waals surface area (Å²) in [5.74, 6) is -0.876. The molecule has 0 rings (SSSR count). The van der Waals surface area contributed by atoms with Crippen LogP contribution in [0.5, 0.6) is 0 Å². The molecule has 0 spiro atoms. The van der Waals surface area contributed by atoms with Crippen molar-refractivity contribution in [3.05, 3.63) is 60.8 Å². The van der Waals surface area contributed by atoms with Crippen LogP contribution in [0.15, 0.2) is 60.8 Å². The molecular weight excluding hydrogens is 841 g/mol. The molecule has 0 fully saturated rings. The summed E-state index contributed by atoms with van der Waals surface area (Å²) in [6.45, 7) is 6.52. The van der Waals surface area contributed by atoms with Gasteiger partial charge in [-0.3, -0.25) is 14.4 Å². The van der Waals surface area contributed by atoms with E-state index in [9.17, 15) is 14.4 Å². The van der Waals surface area contributed by atoms with Gasteiger partial charge < -0.3 is 14.2 Å². The van der Waals surface area contributed by atoms with Crippen molar-refractivity contribution in [1.29, 1.82) is 0 Å². The molecule has 0 aromatic rings. The Kier molecular flexibility index (Phi) is 54.3. The number of carbonyl (C=O) groups is 3. The summed E-state index contributed by atoms with van der Waals surface area (Å²) in [5.41, 5.74) is 0. The Balaban J connectivity index is 4.29. The van der Waals surface area contributed by atoms with Gasteiger partial charge in [0, 0.05) is 19.3 Å². The van der Waals surface area contributed by atoms with Crippen LogP contribution in [0.2, 0.25) is 0 Å². The van der Waals surface area contributed by atoms with Crippen LogP contribution in [0.25, 0.3) is 0 Å². The Hall–Kier alpha value is -2.89. The molecule has 0 aromatic carbocycles. The summed E-state index contributed by atoms with van der Waals surface area (Å²) < 4.78 is 16.9. The molecular formula is C62H110O6. The molecule has 0 heterocycles. The lowest BCUT2D eigenvalue weighted by Crippen LogP contribution is -2.30. The van der Waals surface area contributed by atoms with Crippen molar-refractivity contribution in [2.45, 2.75) is 303 Å². The Morgan fingerprint density at radius 1 is 0.309 bits per heavy atom. The van der Waals surface area contributed by atoms with Gasteiger partial charge in [0.2, 0.25) is 0 Å². The molecule has 0 radical (unpaired) electrons. The zero-order chi connectivity index (χ0) is 49.3. The first-order valence-corrected chi connectivity index (χ1v) is 29.3. The van der Waals surface area contributed by atoms with Crippen molar-refractivity contribution in [2.75, 3.05) is 13.2 Å². The van der Waals surface area contributed by atoms with Crippen LogP contribution < -0.4 is 0 Å². The molecule has 0 aromatic heterocycles. The fourth-order valence-corrected chi connectivity index (χ4v) is 8.37. The fraction of sp³-hybridized carbons (Fsp3) is 0.790. The van der Waals surface area contributed by atoms with Gasteiger partial charge in [-0.25, -0.2) is 0 Å². The second-order valence-electron chi connectivity index (χ2n) is 19.5. The van der Waals surface area contributed by atoms with E-state index in [1.54, 1.807) is 0 Å². The number of esters is 3. The molecule has 6 heteroatoms. The molecule has 1 atom stereocenters. The average molecular weight is 952 g/mol. The van der Waals surface area contributed by atoms with Gasteiger partial charge in [-0.1, -0.05) is 255 Å². The lowest BCUT2D eigenvalue weighted by Gasteiger charge is -2.18. The first kappa shape index (κ1) is 65.1. The Bertz CT molecular complexity index is 1230. The Labute approximate surface area is 421 Å². The third kappa shape index (κ3) is 54.1. The van der Waals surface area contributed by atoms with Gasteiger partial charge in [0.05, 0.1) is 0 Å². The lowest BCUT2D eigenvalue weighted by atomic mass is 10.0. The molecule has 0 aliphatic rings. The van der Waals surface area contributed by atoms with Crippen LogP contribution in [0.4, 0.5) is 0 Å². The molecule has 0 amide bonds. The highest BCUT2D eigenvalue weighted by Crippen LogP contribution is 2.16. The van der Waals surface area contributed by atoms with Crippen molar-refractivity contribution < 1.29 is 28.6 Å². The zero-order valence-corrected chi connectivity index (χ0v) is 45.1. The van der Waals surface area contributed by atoms with E-state index in [-0.39, 0.29) is 31.1 Å². The first-order valence-electron chi connectivity index (χ1n) is 29.3. The van der Waals surface area contributed by atoms with E-state index in [1.807, 2.05) is 0 Å². The summed E-state index contributed by atoms with van der Waals surface area (Å²) in [7, 11) is 0. The third-order valence-corrected chi connectivity index (χ3v) is 12.8. The average Bonchev–Trinajstić information content (AvgIpc) is 3.34. The summed E-state index contributed by atoms with van der Waals surface area (Å²) in [5, 5.41) is 0. The monoisotopic (exact) mass is 951 g/mol. The molecule has 0 saturated heterocycles. The predicted octanol–water partition coefficient (Wildman–Crippen LogP) is 19.6. The Morgan fingerprint density at radius 3 is 0.941 bits per heavy atom. The molecule has 0 aliphatic heterocycles. The maximum Gasteiger partial charge on any atom is 0.306 e. The van der Waals surface area contributed by atoms with Crippen molar-refractivity contribution in [2.24, 2.45) is 0 Å². The van der Waals surface area contributed by atoms with Gasteiger partial charge in [0.25, 0.3) is 0 Å². The van der Waals surface area contributed by atoms with Crippen LogP contribution in [0.3, 0.4) is 0 Å². The van der Waals surface area contributed by atoms with Gasteiger partial charge >= 0.3 is 17.9 Å². The number of carbonyl (C=O) groups excluding carboxylic acids is 3. The van der Waals surface area contributed by atoms with Crippen molar-refractivity contribution in [1.82, 2.24) is 0 Å². The first-order chi connectivity index (χ1) is 33.5. The van der Waals surface area contributed by atoms with Crippen molar-refractivity contribution >= 4 is 17.9 Å². The number of hydrogen-bond acceptors (Lipinski definition) is 6. The number of hydrogen-bond donors (Lipinski definition) is 0. The maximum absolute atomic E-state index is 12.8. The van der Waals surface area contributed by atoms with Crippen LogP contribution in [-0.2, 0) is 28.6 Å². The fourth-order valence-electron chi connectivity index (χ4n) is 8.37. The van der Waals surface area contributed by atoms with E-state index < -0.39 is 6.10 Å². The van der Waals surface area contributed by atoms with Gasteiger partial charge in [-0.2, -0.15) is 0 Å². The second kappa shape index (κ2) is 56.7. The quantitative estimate of drug-likeness (QED) is 0.0262. The van der Waals surface area contributed by atoms with Gasteiger partial charge in [0.15, 0.2) is 6.10 Å². The molecule has 0 saturated carbocycles. The predicted molar refractivity (Wildman–Crippen MR) is 293 cm³/mol. The highest BCUT2D eigenvalue weighted by molar-refractivity contribution is 5.71. The number of rotatable bonds is 53. The molecule has 394 valence electrons. The van der Waals surface area contributed by atoms with Crippen LogP contribution >= 0.6 is 0 Å². The maximum atomic E-state index is 12.8. The smallest absolute Gasteiger partial charge is 0.306 e. The SMILES string of the molecule is CC/C=C\C/C=C\C/C=C\C/C=C\CCCCCCCCCCCCC(=O)OCC(COC(=O)CCCCCCC/C=C\CCCCC)OC(=O)CCCCCCCCCCCCCCCCC. The molecule has 0 N–H and O–H groups in total. The van der Waals surface area contributed by atoms with Gasteiger partial charge in [-0.05, 0) is 83.5 Å². The highest BCUT2D eigenvalue weighted by atomic mass is 16.6. The number of allylic oxidation sites excluding steroid dienone is 10. The minimum Gasteiger partial charge on any atom is -0.462 e. The van der Waals surface area contributed by atoms with Crippen LogP contribution in [-0.4, -0.2) is 37.2 Å².